The molecule has 0 fully saturated rings. The monoisotopic (exact) mass is 963 g/mol. The smallest absolute Gasteiger partial charge is 0.182 e. The lowest BCUT2D eigenvalue weighted by molar-refractivity contribution is -0.0716. The first kappa shape index (κ1) is 56.4. The van der Waals surface area contributed by atoms with Crippen molar-refractivity contribution in [3.05, 3.63) is 20.5 Å². The largest absolute Gasteiger partial charge is 0.488 e. The maximum Gasteiger partial charge on any atom is 0.182 e. The molecule has 2 aliphatic rings. The van der Waals surface area contributed by atoms with Crippen molar-refractivity contribution in [3.63, 3.8) is 0 Å². The van der Waals surface area contributed by atoms with Crippen molar-refractivity contribution < 1.29 is 47.5 Å². The Morgan fingerprint density at radius 2 is 0.773 bits per heavy atom. The van der Waals surface area contributed by atoms with Crippen LogP contribution in [0.25, 0.3) is 0 Å². The Morgan fingerprint density at radius 1 is 0.485 bits per heavy atom. The summed E-state index contributed by atoms with van der Waals surface area (Å²) in [6.07, 6.45) is 18.5. The van der Waals surface area contributed by atoms with E-state index in [4.69, 9.17) is 37.9 Å². The first-order chi connectivity index (χ1) is 32.1. The predicted octanol–water partition coefficient (Wildman–Crippen LogP) is 14.1. The zero-order valence-electron chi connectivity index (χ0n) is 42.6. The Bertz CT molecular complexity index is 1480. The number of carbonyl (C=O) groups excluding carboxylic acids is 2. The molecule has 4 unspecified atom stereocenters. The molecule has 10 nitrogen and oxygen atoms in total. The van der Waals surface area contributed by atoms with E-state index in [2.05, 4.69) is 55.4 Å². The molecule has 4 atom stereocenters. The second kappa shape index (κ2) is 31.1. The van der Waals surface area contributed by atoms with Gasteiger partial charge in [0.25, 0.3) is 0 Å². The van der Waals surface area contributed by atoms with Crippen LogP contribution in [-0.4, -0.2) is 90.8 Å². The molecular weight excluding hydrogens is 873 g/mol. The van der Waals surface area contributed by atoms with Crippen LogP contribution in [-0.2, 0) is 18.9 Å². The van der Waals surface area contributed by atoms with Gasteiger partial charge in [-0.15, -0.1) is 22.7 Å². The van der Waals surface area contributed by atoms with Crippen LogP contribution in [0.2, 0.25) is 0 Å². The molecule has 0 saturated heterocycles. The summed E-state index contributed by atoms with van der Waals surface area (Å²) in [4.78, 5) is 28.8. The van der Waals surface area contributed by atoms with Crippen LogP contribution in [0.3, 0.4) is 0 Å². The molecule has 66 heavy (non-hydrogen) atoms. The molecule has 2 aliphatic heterocycles. The maximum absolute atomic E-state index is 13.9. The lowest BCUT2D eigenvalue weighted by Gasteiger charge is -2.32. The summed E-state index contributed by atoms with van der Waals surface area (Å²) in [5.74, 6) is 3.77. The lowest BCUT2D eigenvalue weighted by Crippen LogP contribution is -2.43. The maximum atomic E-state index is 13.9. The standard InChI is InChI=1S/C54H90O10S2/c1-9-17-21-41(13-5)27-57-33-53(34-58-28-42(14-6)22-18-10-2)37-61-47-31-65-51(49(47)63-39-53)45(55)25-26-46(56)52-50-48(32-66-52)62-38-54(40-64-50,35-59-29-43(15-7)23-19-11-3)36-60-30-44(16-8)24-20-12-4/h31-32,41-44H,9-30,33-40H2,1-8H3. The third-order valence-electron chi connectivity index (χ3n) is 13.8. The number of rotatable bonds is 37. The average molecular weight is 963 g/mol. The van der Waals surface area contributed by atoms with Crippen molar-refractivity contribution in [1.82, 2.24) is 0 Å². The first-order valence-corrected chi connectivity index (χ1v) is 28.0. The molecule has 378 valence electrons. The van der Waals surface area contributed by atoms with Gasteiger partial charge in [0.1, 0.15) is 36.2 Å². The van der Waals surface area contributed by atoms with E-state index in [1.54, 1.807) is 0 Å². The highest BCUT2D eigenvalue weighted by Crippen LogP contribution is 2.44. The van der Waals surface area contributed by atoms with Crippen LogP contribution >= 0.6 is 22.7 Å². The van der Waals surface area contributed by atoms with E-state index in [0.29, 0.717) is 136 Å². The number of carbonyl (C=O) groups is 2. The van der Waals surface area contributed by atoms with Crippen LogP contribution in [0.4, 0.5) is 0 Å². The molecular formula is C54H90O10S2. The van der Waals surface area contributed by atoms with Gasteiger partial charge in [-0.2, -0.15) is 0 Å². The van der Waals surface area contributed by atoms with E-state index in [1.165, 1.54) is 74.0 Å². The Labute approximate surface area is 408 Å². The highest BCUT2D eigenvalue weighted by atomic mass is 32.1. The second-order valence-electron chi connectivity index (χ2n) is 19.7. The van der Waals surface area contributed by atoms with Crippen LogP contribution in [0, 0.1) is 34.5 Å². The van der Waals surface area contributed by atoms with Gasteiger partial charge >= 0.3 is 0 Å². The fourth-order valence-corrected chi connectivity index (χ4v) is 10.5. The molecule has 0 saturated carbocycles. The third-order valence-corrected chi connectivity index (χ3v) is 15.8. The summed E-state index contributed by atoms with van der Waals surface area (Å²) in [7, 11) is 0. The Morgan fingerprint density at radius 3 is 1.05 bits per heavy atom. The Hall–Kier alpha value is -2.22. The SMILES string of the molecule is CCCCC(CC)COCC1(COCC(CC)CCCC)COc2csc(C(=O)CCC(=O)c3scc4c3OCC(COCC(CC)CCCC)(COCC(CC)CCCC)CO4)c2OC1. The van der Waals surface area contributed by atoms with Gasteiger partial charge < -0.3 is 37.9 Å². The van der Waals surface area contributed by atoms with E-state index >= 15 is 0 Å². The van der Waals surface area contributed by atoms with Gasteiger partial charge in [-0.25, -0.2) is 0 Å². The lowest BCUT2D eigenvalue weighted by atomic mass is 9.91. The number of hydrogen-bond acceptors (Lipinski definition) is 12. The molecule has 0 amide bonds. The minimum Gasteiger partial charge on any atom is -0.488 e. The second-order valence-corrected chi connectivity index (χ2v) is 21.5. The van der Waals surface area contributed by atoms with E-state index < -0.39 is 10.8 Å². The Balaban J connectivity index is 1.40. The molecule has 0 aliphatic carbocycles. The summed E-state index contributed by atoms with van der Waals surface area (Å²) in [6.45, 7) is 23.7. The molecule has 0 aromatic carbocycles. The minimum absolute atomic E-state index is 0.0330. The van der Waals surface area contributed by atoms with Gasteiger partial charge in [0.2, 0.25) is 0 Å². The molecule has 0 radical (unpaired) electrons. The zero-order chi connectivity index (χ0) is 47.6. The number of ketones is 2. The predicted molar refractivity (Wildman–Crippen MR) is 270 cm³/mol. The fraction of sp³-hybridized carbons (Fsp3) is 0.815. The first-order valence-electron chi connectivity index (χ1n) is 26.2. The van der Waals surface area contributed by atoms with Crippen molar-refractivity contribution in [2.75, 3.05) is 79.3 Å². The number of hydrogen-bond donors (Lipinski definition) is 0. The van der Waals surface area contributed by atoms with Crippen molar-refractivity contribution in [1.29, 1.82) is 0 Å². The van der Waals surface area contributed by atoms with Gasteiger partial charge in [0.15, 0.2) is 34.6 Å². The number of ether oxygens (including phenoxy) is 8. The molecule has 2 aromatic rings. The summed E-state index contributed by atoms with van der Waals surface area (Å²) < 4.78 is 51.8. The number of thiophene rings is 2. The number of fused-ring (bicyclic) bond motifs is 2. The van der Waals surface area contributed by atoms with Crippen LogP contribution in [0.15, 0.2) is 10.8 Å². The van der Waals surface area contributed by atoms with E-state index in [1.807, 2.05) is 10.8 Å². The molecule has 4 rings (SSSR count). The number of Topliss-reactive ketones (excluding diaryl/α,β-unsaturated/α-hetero) is 2. The topological polar surface area (TPSA) is 108 Å². The van der Waals surface area contributed by atoms with Gasteiger partial charge in [-0.1, -0.05) is 132 Å². The average Bonchev–Trinajstić information content (AvgIpc) is 3.85. The normalized spacial score (nSPS) is 20.1. The molecule has 2 aromatic heterocycles. The van der Waals surface area contributed by atoms with Crippen molar-refractivity contribution in [3.8, 4) is 23.0 Å². The van der Waals surface area contributed by atoms with E-state index in [9.17, 15) is 9.59 Å². The highest BCUT2D eigenvalue weighted by molar-refractivity contribution is 7.13. The van der Waals surface area contributed by atoms with Crippen molar-refractivity contribution in [2.45, 2.75) is 171 Å². The van der Waals surface area contributed by atoms with Crippen LogP contribution in [0.5, 0.6) is 23.0 Å². The minimum atomic E-state index is -0.535. The Kier molecular flexibility index (Phi) is 26.6. The fourth-order valence-electron chi connectivity index (χ4n) is 8.75. The van der Waals surface area contributed by atoms with Crippen LogP contribution < -0.4 is 18.9 Å². The molecule has 4 heterocycles. The van der Waals surface area contributed by atoms with Crippen molar-refractivity contribution >= 4 is 34.2 Å². The summed E-state index contributed by atoms with van der Waals surface area (Å²) in [5, 5.41) is 3.70. The molecule has 0 spiro atoms. The third kappa shape index (κ3) is 17.9. The highest BCUT2D eigenvalue weighted by Gasteiger charge is 2.40. The van der Waals surface area contributed by atoms with E-state index in [0.717, 1.165) is 51.4 Å². The van der Waals surface area contributed by atoms with E-state index in [-0.39, 0.29) is 24.4 Å². The van der Waals surface area contributed by atoms with Gasteiger partial charge in [-0.05, 0) is 49.4 Å². The number of unbranched alkanes of at least 4 members (excludes halogenated alkanes) is 4. The van der Waals surface area contributed by atoms with Gasteiger partial charge in [0, 0.05) is 50.0 Å². The van der Waals surface area contributed by atoms with Crippen molar-refractivity contribution in [2.24, 2.45) is 34.5 Å². The molecule has 0 bridgehead atoms. The van der Waals surface area contributed by atoms with Gasteiger partial charge in [-0.3, -0.25) is 9.59 Å². The summed E-state index contributed by atoms with van der Waals surface area (Å²) >= 11 is 2.62. The zero-order valence-corrected chi connectivity index (χ0v) is 44.2. The quantitative estimate of drug-likeness (QED) is 0.0607. The van der Waals surface area contributed by atoms with Crippen LogP contribution in [0.1, 0.15) is 190 Å². The molecule has 0 N–H and O–H groups in total. The summed E-state index contributed by atoms with van der Waals surface area (Å²) in [5.41, 5.74) is -1.07. The summed E-state index contributed by atoms with van der Waals surface area (Å²) in [6, 6.07) is 0. The van der Waals surface area contributed by atoms with Gasteiger partial charge in [0.05, 0.1) is 37.3 Å². The molecule has 12 heteroatoms.